The molecule has 0 heterocycles. The van der Waals surface area contributed by atoms with Crippen molar-refractivity contribution < 1.29 is 14.4 Å². The van der Waals surface area contributed by atoms with Crippen molar-refractivity contribution in [1.29, 1.82) is 0 Å². The number of ketones is 1. The molecule has 0 bridgehead atoms. The predicted octanol–water partition coefficient (Wildman–Crippen LogP) is 5.73. The van der Waals surface area contributed by atoms with Crippen LogP contribution in [0, 0.1) is 0 Å². The van der Waals surface area contributed by atoms with Gasteiger partial charge in [0.2, 0.25) is 0 Å². The molecule has 27 heavy (non-hydrogen) atoms. The fourth-order valence-electron chi connectivity index (χ4n) is 1.63. The molecule has 1 aromatic carbocycles. The summed E-state index contributed by atoms with van der Waals surface area (Å²) >= 11 is 13.8. The van der Waals surface area contributed by atoms with Crippen LogP contribution in [0.5, 0.6) is 5.75 Å². The minimum absolute atomic E-state index is 0.149. The first-order valence-electron chi connectivity index (χ1n) is 8.97. The van der Waals surface area contributed by atoms with E-state index >= 15 is 0 Å². The van der Waals surface area contributed by atoms with Crippen molar-refractivity contribution in [3.05, 3.63) is 42.2 Å². The first kappa shape index (κ1) is 29.6. The van der Waals surface area contributed by atoms with Crippen molar-refractivity contribution in [2.75, 3.05) is 0 Å². The number of thiol groups is 1. The van der Waals surface area contributed by atoms with Gasteiger partial charge in [-0.25, -0.2) is 0 Å². The summed E-state index contributed by atoms with van der Waals surface area (Å²) in [6.45, 7) is 7.28. The van der Waals surface area contributed by atoms with E-state index in [-0.39, 0.29) is 32.7 Å². The average Bonchev–Trinajstić information content (AvgIpc) is 2.54. The molecule has 0 aliphatic heterocycles. The van der Waals surface area contributed by atoms with Crippen molar-refractivity contribution in [2.45, 2.75) is 62.3 Å². The molecule has 0 radical (unpaired) electrons. The smallest absolute Gasteiger partial charge is 0.122 e. The van der Waals surface area contributed by atoms with E-state index in [0.29, 0.717) is 5.75 Å². The summed E-state index contributed by atoms with van der Waals surface area (Å²) < 4.78 is 6.18. The molecule has 1 unspecified atom stereocenters. The van der Waals surface area contributed by atoms with Crippen LogP contribution in [0.1, 0.15) is 53.4 Å². The molecular weight excluding hydrogens is 522 g/mol. The zero-order valence-corrected chi connectivity index (χ0v) is 22.9. The molecule has 3 nitrogen and oxygen atoms in total. The van der Waals surface area contributed by atoms with Crippen LogP contribution in [0.3, 0.4) is 0 Å². The molecule has 0 amide bonds. The molecular formula is C19H31O3PS3Sn. The van der Waals surface area contributed by atoms with E-state index in [4.69, 9.17) is 28.6 Å². The molecule has 0 aliphatic carbocycles. The molecule has 0 saturated heterocycles. The molecule has 0 fully saturated rings. The summed E-state index contributed by atoms with van der Waals surface area (Å²) in [5.74, 6) is 0.320. The molecule has 0 aliphatic rings. The average molecular weight is 553 g/mol. The summed E-state index contributed by atoms with van der Waals surface area (Å²) in [6, 6.07) is 9.25. The van der Waals surface area contributed by atoms with Gasteiger partial charge in [0.15, 0.2) is 5.78 Å². The molecule has 0 N–H and O–H groups in total. The number of para-hydroxylation sites is 1. The second-order valence-electron chi connectivity index (χ2n) is 5.70. The molecule has 8 heteroatoms. The Morgan fingerprint density at radius 2 is 1.70 bits per heavy atom. The topological polar surface area (TPSA) is 49.4 Å². The number of rotatable bonds is 9. The summed E-state index contributed by atoms with van der Waals surface area (Å²) in [4.78, 5) is 9.98. The van der Waals surface area contributed by atoms with Gasteiger partial charge in [-0.2, -0.15) is 0 Å². The Morgan fingerprint density at radius 1 is 1.22 bits per heavy atom. The van der Waals surface area contributed by atoms with E-state index in [9.17, 15) is 9.90 Å². The van der Waals surface area contributed by atoms with Gasteiger partial charge in [0.05, 0.1) is 0 Å². The maximum absolute atomic E-state index is 9.98. The van der Waals surface area contributed by atoms with Crippen LogP contribution >= 0.6 is 16.9 Å². The molecule has 0 saturated carbocycles. The predicted molar refractivity (Wildman–Crippen MR) is 127 cm³/mol. The third kappa shape index (κ3) is 28.7. The maximum atomic E-state index is 9.98. The van der Waals surface area contributed by atoms with Crippen LogP contribution in [0.25, 0.3) is 0 Å². The van der Waals surface area contributed by atoms with Gasteiger partial charge in [0.1, 0.15) is 5.75 Å². The Hall–Kier alpha value is 0.379. The molecule has 1 rings (SSSR count). The van der Waals surface area contributed by atoms with Gasteiger partial charge >= 0.3 is 69.5 Å². The third-order valence-corrected chi connectivity index (χ3v) is 7.95. The van der Waals surface area contributed by atoms with Gasteiger partial charge in [0, 0.05) is 4.67 Å². The monoisotopic (exact) mass is 554 g/mol. The third-order valence-electron chi connectivity index (χ3n) is 2.78. The van der Waals surface area contributed by atoms with E-state index in [1.807, 2.05) is 30.3 Å². The quantitative estimate of drug-likeness (QED) is 0.0805. The van der Waals surface area contributed by atoms with Gasteiger partial charge in [-0.1, -0.05) is 36.9 Å². The first-order chi connectivity index (χ1) is 12.6. The van der Waals surface area contributed by atoms with Gasteiger partial charge in [-0.05, 0) is 25.1 Å². The minimum Gasteiger partial charge on any atom is -0.696 e. The Labute approximate surface area is 191 Å². The number of unbranched alkanes of at least 4 members (excludes halogenated alkanes) is 2. The van der Waals surface area contributed by atoms with Gasteiger partial charge in [-0.15, -0.1) is 18.0 Å². The van der Waals surface area contributed by atoms with Gasteiger partial charge in [0.25, 0.3) is 0 Å². The second-order valence-corrected chi connectivity index (χ2v) is 18.2. The Bertz CT molecular complexity index is 553. The Balaban J connectivity index is 0. The fraction of sp³-hybridized carbons (Fsp3) is 0.526. The normalized spacial score (nSPS) is 12.3. The van der Waals surface area contributed by atoms with Crippen molar-refractivity contribution >= 4 is 67.9 Å². The number of carbonyl (C=O) groups is 1. The van der Waals surface area contributed by atoms with Crippen LogP contribution in [0.15, 0.2) is 42.2 Å². The molecule has 152 valence electrons. The van der Waals surface area contributed by atoms with E-state index in [1.54, 1.807) is 8.87 Å². The molecule has 1 atom stereocenters. The van der Waals surface area contributed by atoms with Crippen LogP contribution in [0.2, 0.25) is 8.87 Å². The number of benzene rings is 1. The fourth-order valence-corrected chi connectivity index (χ4v) is 6.98. The summed E-state index contributed by atoms with van der Waals surface area (Å²) in [5.41, 5.74) is 0. The Kier molecular flexibility index (Phi) is 21.6. The van der Waals surface area contributed by atoms with Crippen LogP contribution in [-0.4, -0.2) is 26.9 Å². The van der Waals surface area contributed by atoms with E-state index in [2.05, 4.69) is 26.1 Å². The molecule has 0 aromatic heterocycles. The molecule has 1 aromatic rings. The SMILES string of the molecule is CC(=O)/C=C(\C)[O-].CCC[CH2][Sn+2][CH2]CCC.S=P([S-])(S)Oc1ccccc1. The summed E-state index contributed by atoms with van der Waals surface area (Å²) in [5, 5.41) is 9.98. The number of carbonyl (C=O) groups excluding carboxylic acids is 1. The Morgan fingerprint density at radius 3 is 2.00 bits per heavy atom. The van der Waals surface area contributed by atoms with E-state index in [1.165, 1.54) is 39.5 Å². The second kappa shape index (κ2) is 19.7. The largest absolute Gasteiger partial charge is 0.696 e. The first-order valence-corrected chi connectivity index (χ1v) is 17.9. The van der Waals surface area contributed by atoms with Crippen molar-refractivity contribution in [3.8, 4) is 5.75 Å². The van der Waals surface area contributed by atoms with Gasteiger partial charge in [-0.3, -0.25) is 4.79 Å². The summed E-state index contributed by atoms with van der Waals surface area (Å²) in [6.07, 6.45) is 6.89. The zero-order chi connectivity index (χ0) is 21.1. The van der Waals surface area contributed by atoms with Crippen molar-refractivity contribution in [1.82, 2.24) is 0 Å². The standard InChI is InChI=1S/C6H7OPS3.C5H8O2.2C4H9.Sn/c9-8(10,11)7-6-4-2-1-3-5-6;1-4(6)3-5(2)7;2*1-3-4-2;/h1-5H,(H2,9,10,11);3,6H,1-2H3;2*1,3-4H2,2H3;/q;;;;+2/p-2/b;4-3+;;;. The number of allylic oxidation sites excluding steroid dienone is 2. The van der Waals surface area contributed by atoms with Gasteiger partial charge < -0.3 is 21.9 Å². The van der Waals surface area contributed by atoms with Crippen LogP contribution < -0.4 is 9.63 Å². The number of hydrogen-bond acceptors (Lipinski definition) is 5. The zero-order valence-electron chi connectivity index (χ0n) is 16.6. The summed E-state index contributed by atoms with van der Waals surface area (Å²) in [7, 11) is 0. The van der Waals surface area contributed by atoms with Crippen molar-refractivity contribution in [3.63, 3.8) is 0 Å². The maximum Gasteiger partial charge on any atom is 0.122 e. The van der Waals surface area contributed by atoms with Crippen molar-refractivity contribution in [2.24, 2.45) is 0 Å². The van der Waals surface area contributed by atoms with E-state index in [0.717, 1.165) is 6.08 Å². The van der Waals surface area contributed by atoms with Crippen LogP contribution in [-0.2, 0) is 28.9 Å². The van der Waals surface area contributed by atoms with E-state index < -0.39 is 4.67 Å². The molecule has 0 spiro atoms. The number of hydrogen-bond donors (Lipinski definition) is 1. The minimum atomic E-state index is -2.28. The van der Waals surface area contributed by atoms with Crippen LogP contribution in [0.4, 0.5) is 0 Å².